The second kappa shape index (κ2) is 10.3. The highest BCUT2D eigenvalue weighted by molar-refractivity contribution is 5.72. The molecule has 0 heterocycles. The van der Waals surface area contributed by atoms with Gasteiger partial charge in [0.1, 0.15) is 6.10 Å². The molecule has 2 aliphatic rings. The highest BCUT2D eigenvalue weighted by Crippen LogP contribution is 2.34. The van der Waals surface area contributed by atoms with Crippen LogP contribution >= 0.6 is 0 Å². The van der Waals surface area contributed by atoms with Crippen LogP contribution in [0, 0.1) is 17.8 Å². The van der Waals surface area contributed by atoms with Crippen molar-refractivity contribution in [3.05, 3.63) is 0 Å². The Morgan fingerprint density at radius 3 is 2.22 bits per heavy atom. The first-order chi connectivity index (χ1) is 11.2. The Kier molecular flexibility index (Phi) is 8.43. The first kappa shape index (κ1) is 18.8. The van der Waals surface area contributed by atoms with Crippen molar-refractivity contribution in [2.75, 3.05) is 6.61 Å². The highest BCUT2D eigenvalue weighted by atomic mass is 16.5. The first-order valence-electron chi connectivity index (χ1n) is 10.0. The van der Waals surface area contributed by atoms with Gasteiger partial charge in [-0.25, -0.2) is 0 Å². The van der Waals surface area contributed by atoms with E-state index in [1.54, 1.807) is 0 Å². The second-order valence-corrected chi connectivity index (χ2v) is 7.96. The van der Waals surface area contributed by atoms with Gasteiger partial charge in [0.15, 0.2) is 0 Å². The van der Waals surface area contributed by atoms with Crippen molar-refractivity contribution in [3.63, 3.8) is 0 Å². The number of hydrogen-bond acceptors (Lipinski definition) is 3. The van der Waals surface area contributed by atoms with Crippen LogP contribution in [0.3, 0.4) is 0 Å². The Morgan fingerprint density at radius 2 is 1.57 bits per heavy atom. The molecule has 134 valence electrons. The Labute approximate surface area is 142 Å². The molecule has 0 aromatic rings. The number of aliphatic hydroxyl groups is 1. The molecule has 0 aromatic carbocycles. The van der Waals surface area contributed by atoms with Crippen LogP contribution in [0.2, 0.25) is 0 Å². The van der Waals surface area contributed by atoms with Gasteiger partial charge in [0.2, 0.25) is 0 Å². The number of rotatable bonds is 8. The molecule has 3 heteroatoms. The Bertz CT molecular complexity index is 326. The third-order valence-corrected chi connectivity index (χ3v) is 5.95. The number of esters is 1. The van der Waals surface area contributed by atoms with Crippen molar-refractivity contribution in [1.29, 1.82) is 0 Å². The number of ether oxygens (including phenoxy) is 1. The van der Waals surface area contributed by atoms with E-state index in [1.807, 2.05) is 0 Å². The quantitative estimate of drug-likeness (QED) is 0.512. The largest absolute Gasteiger partial charge is 0.462 e. The topological polar surface area (TPSA) is 46.5 Å². The Balaban J connectivity index is 1.57. The molecule has 2 rings (SSSR count). The Hall–Kier alpha value is -0.570. The fourth-order valence-electron chi connectivity index (χ4n) is 4.19. The summed E-state index contributed by atoms with van der Waals surface area (Å²) < 4.78 is 5.78. The van der Waals surface area contributed by atoms with Crippen LogP contribution in [0.5, 0.6) is 0 Å². The van der Waals surface area contributed by atoms with E-state index >= 15 is 0 Å². The molecular formula is C20H36O3. The van der Waals surface area contributed by atoms with Crippen LogP contribution < -0.4 is 0 Å². The molecule has 0 spiro atoms. The molecule has 0 amide bonds. The van der Waals surface area contributed by atoms with Gasteiger partial charge in [0.25, 0.3) is 0 Å². The molecule has 2 saturated carbocycles. The first-order valence-corrected chi connectivity index (χ1v) is 10.0. The van der Waals surface area contributed by atoms with E-state index in [2.05, 4.69) is 6.92 Å². The van der Waals surface area contributed by atoms with E-state index in [9.17, 15) is 4.79 Å². The maximum atomic E-state index is 12.3. The lowest BCUT2D eigenvalue weighted by Gasteiger charge is -2.30. The van der Waals surface area contributed by atoms with Gasteiger partial charge < -0.3 is 9.84 Å². The minimum Gasteiger partial charge on any atom is -0.462 e. The monoisotopic (exact) mass is 324 g/mol. The smallest absolute Gasteiger partial charge is 0.309 e. The number of hydrogen-bond donors (Lipinski definition) is 1. The van der Waals surface area contributed by atoms with Gasteiger partial charge in [-0.1, -0.05) is 32.6 Å². The zero-order valence-corrected chi connectivity index (χ0v) is 15.0. The van der Waals surface area contributed by atoms with Crippen molar-refractivity contribution < 1.29 is 14.6 Å². The highest BCUT2D eigenvalue weighted by Gasteiger charge is 2.29. The number of aliphatic hydroxyl groups excluding tert-OH is 1. The molecule has 0 unspecified atom stereocenters. The molecule has 23 heavy (non-hydrogen) atoms. The lowest BCUT2D eigenvalue weighted by Crippen LogP contribution is -2.29. The summed E-state index contributed by atoms with van der Waals surface area (Å²) in [5.41, 5.74) is 0. The third kappa shape index (κ3) is 6.82. The van der Waals surface area contributed by atoms with Crippen LogP contribution in [0.15, 0.2) is 0 Å². The molecule has 0 bridgehead atoms. The average Bonchev–Trinajstić information content (AvgIpc) is 2.57. The summed E-state index contributed by atoms with van der Waals surface area (Å²) in [5, 5.41) is 8.78. The second-order valence-electron chi connectivity index (χ2n) is 7.96. The van der Waals surface area contributed by atoms with Gasteiger partial charge in [-0.05, 0) is 69.6 Å². The fraction of sp³-hybridized carbons (Fsp3) is 0.950. The van der Waals surface area contributed by atoms with Gasteiger partial charge in [0, 0.05) is 6.61 Å². The van der Waals surface area contributed by atoms with Gasteiger partial charge in [0.05, 0.1) is 5.92 Å². The zero-order valence-electron chi connectivity index (χ0n) is 15.0. The van der Waals surface area contributed by atoms with Gasteiger partial charge >= 0.3 is 5.97 Å². The van der Waals surface area contributed by atoms with Crippen molar-refractivity contribution >= 4 is 5.97 Å². The lowest BCUT2D eigenvalue weighted by molar-refractivity contribution is -0.157. The molecule has 2 aliphatic carbocycles. The number of unbranched alkanes of at least 4 members (excludes halogenated alkanes) is 3. The van der Waals surface area contributed by atoms with E-state index in [4.69, 9.17) is 9.84 Å². The molecule has 0 atom stereocenters. The molecule has 0 aliphatic heterocycles. The average molecular weight is 325 g/mol. The lowest BCUT2D eigenvalue weighted by atomic mass is 9.79. The maximum absolute atomic E-state index is 12.3. The minimum atomic E-state index is 0.0888. The van der Waals surface area contributed by atoms with Crippen molar-refractivity contribution in [3.8, 4) is 0 Å². The molecule has 3 nitrogen and oxygen atoms in total. The van der Waals surface area contributed by atoms with Gasteiger partial charge in [-0.2, -0.15) is 0 Å². The third-order valence-electron chi connectivity index (χ3n) is 5.95. The summed E-state index contributed by atoms with van der Waals surface area (Å²) in [7, 11) is 0. The van der Waals surface area contributed by atoms with E-state index < -0.39 is 0 Å². The molecule has 0 saturated heterocycles. The summed E-state index contributed by atoms with van der Waals surface area (Å²) >= 11 is 0. The van der Waals surface area contributed by atoms with E-state index in [0.29, 0.717) is 6.61 Å². The Morgan fingerprint density at radius 1 is 0.913 bits per heavy atom. The molecule has 0 radical (unpaired) electrons. The van der Waals surface area contributed by atoms with Crippen molar-refractivity contribution in [1.82, 2.24) is 0 Å². The molecule has 1 N–H and O–H groups in total. The van der Waals surface area contributed by atoms with E-state index in [0.717, 1.165) is 50.4 Å². The summed E-state index contributed by atoms with van der Waals surface area (Å²) in [6.45, 7) is 2.62. The molecule has 0 aromatic heterocycles. The standard InChI is InChI=1S/C20H36O3/c1-16-7-13-19(14-8-16)23-20(22)18-11-9-17(10-12-18)6-4-2-3-5-15-21/h16-19,21H,2-15H2,1H3/t16-,17-,18-,19-. The molecule has 2 fully saturated rings. The zero-order chi connectivity index (χ0) is 16.5. The van der Waals surface area contributed by atoms with E-state index in [-0.39, 0.29) is 18.0 Å². The van der Waals surface area contributed by atoms with Gasteiger partial charge in [-0.3, -0.25) is 4.79 Å². The number of carbonyl (C=O) groups is 1. The van der Waals surface area contributed by atoms with Crippen LogP contribution in [0.1, 0.15) is 90.4 Å². The summed E-state index contributed by atoms with van der Waals surface area (Å²) in [5.74, 6) is 1.87. The normalized spacial score (nSPS) is 31.7. The van der Waals surface area contributed by atoms with Crippen LogP contribution in [0.25, 0.3) is 0 Å². The summed E-state index contributed by atoms with van der Waals surface area (Å²) in [6, 6.07) is 0. The molecular weight excluding hydrogens is 288 g/mol. The van der Waals surface area contributed by atoms with Gasteiger partial charge in [-0.15, -0.1) is 0 Å². The van der Waals surface area contributed by atoms with Crippen molar-refractivity contribution in [2.45, 2.75) is 96.5 Å². The predicted octanol–water partition coefficient (Wildman–Crippen LogP) is 4.86. The summed E-state index contributed by atoms with van der Waals surface area (Å²) in [4.78, 5) is 12.3. The SMILES string of the molecule is C[C@H]1CC[C@H](OC(=O)[C@H]2CC[C@H](CCCCCCO)CC2)CC1. The van der Waals surface area contributed by atoms with E-state index in [1.165, 1.54) is 44.9 Å². The number of carbonyl (C=O) groups excluding carboxylic acids is 1. The predicted molar refractivity (Wildman–Crippen MR) is 93.1 cm³/mol. The summed E-state index contributed by atoms with van der Waals surface area (Å²) in [6.07, 6.45) is 15.1. The fourth-order valence-corrected chi connectivity index (χ4v) is 4.19. The van der Waals surface area contributed by atoms with Crippen LogP contribution in [0.4, 0.5) is 0 Å². The van der Waals surface area contributed by atoms with Crippen LogP contribution in [-0.4, -0.2) is 23.8 Å². The van der Waals surface area contributed by atoms with Crippen LogP contribution in [-0.2, 0) is 9.53 Å². The maximum Gasteiger partial charge on any atom is 0.309 e. The van der Waals surface area contributed by atoms with Crippen molar-refractivity contribution in [2.24, 2.45) is 17.8 Å². The minimum absolute atomic E-state index is 0.0888.